The van der Waals surface area contributed by atoms with Crippen LogP contribution in [0.25, 0.3) is 0 Å². The summed E-state index contributed by atoms with van der Waals surface area (Å²) in [5, 5.41) is 77.9. The molecule has 2 saturated heterocycles. The van der Waals surface area contributed by atoms with Crippen molar-refractivity contribution in [3.8, 4) is 0 Å². The van der Waals surface area contributed by atoms with Gasteiger partial charge in [0.1, 0.15) is 24.6 Å². The zero-order valence-corrected chi connectivity index (χ0v) is 14.7. The summed E-state index contributed by atoms with van der Waals surface area (Å²) >= 11 is 0. The van der Waals surface area contributed by atoms with E-state index in [1.807, 2.05) is 0 Å². The molecule has 12 nitrogen and oxygen atoms in total. The molecule has 2 aliphatic heterocycles. The molecule has 9 N–H and O–H groups in total. The summed E-state index contributed by atoms with van der Waals surface area (Å²) in [5.74, 6) is 0. The van der Waals surface area contributed by atoms with Crippen molar-refractivity contribution in [1.29, 1.82) is 0 Å². The van der Waals surface area contributed by atoms with Gasteiger partial charge in [0.2, 0.25) is 0 Å². The second kappa shape index (κ2) is 14.3. The normalized spacial score (nSPS) is 35.1. The molecule has 2 heterocycles. The Morgan fingerprint density at radius 2 is 1.48 bits per heavy atom. The van der Waals surface area contributed by atoms with Crippen molar-refractivity contribution in [1.82, 2.24) is 0 Å². The van der Waals surface area contributed by atoms with Crippen molar-refractivity contribution in [2.24, 2.45) is 0 Å². The van der Waals surface area contributed by atoms with E-state index >= 15 is 0 Å². The molecule has 0 spiro atoms. The highest BCUT2D eigenvalue weighted by Crippen LogP contribution is 2.17. The summed E-state index contributed by atoms with van der Waals surface area (Å²) in [7, 11) is 0. The van der Waals surface area contributed by atoms with Crippen LogP contribution in [0.5, 0.6) is 0 Å². The van der Waals surface area contributed by atoms with Crippen LogP contribution in [0, 0.1) is 0 Å². The molecule has 162 valence electrons. The topological polar surface area (TPSA) is 218 Å². The highest BCUT2D eigenvalue weighted by molar-refractivity contribution is 5.50. The van der Waals surface area contributed by atoms with Crippen molar-refractivity contribution >= 4 is 6.29 Å². The Labute approximate surface area is 155 Å². The molecule has 0 bridgehead atoms. The van der Waals surface area contributed by atoms with Gasteiger partial charge in [-0.05, 0) is 0 Å². The van der Waals surface area contributed by atoms with Gasteiger partial charge in [-0.3, -0.25) is 0 Å². The van der Waals surface area contributed by atoms with Crippen LogP contribution in [0.15, 0.2) is 0 Å². The third-order valence-electron chi connectivity index (χ3n) is 3.70. The lowest BCUT2D eigenvalue weighted by molar-refractivity contribution is -0.193. The van der Waals surface area contributed by atoms with Crippen LogP contribution in [0.3, 0.4) is 0 Å². The molecule has 2 rings (SSSR count). The summed E-state index contributed by atoms with van der Waals surface area (Å²) in [6.07, 6.45) is -6.49. The Morgan fingerprint density at radius 1 is 0.889 bits per heavy atom. The van der Waals surface area contributed by atoms with Crippen LogP contribution in [0.1, 0.15) is 19.3 Å². The lowest BCUT2D eigenvalue weighted by atomic mass is 10.1. The standard InChI is InChI=1S/3C5H10O4/c6-3-1-5(8)9-2-4(3)7;6-2-4-3(7)1-5(8)9-4;6-2-1-4(8)5(9)3-7/h2*3-8H,1-2H2;2,4-5,7-9H,1,3H2/t3?,4-,5?;3-,4-,5?;/m00./s1. The highest BCUT2D eigenvalue weighted by Gasteiger charge is 2.31. The maximum Gasteiger partial charge on any atom is 0.157 e. The fraction of sp³-hybridized carbons (Fsp3) is 0.933. The number of aliphatic hydroxyl groups is 9. The van der Waals surface area contributed by atoms with E-state index in [0.29, 0.717) is 6.29 Å². The van der Waals surface area contributed by atoms with Crippen molar-refractivity contribution in [2.75, 3.05) is 19.8 Å². The first-order valence-corrected chi connectivity index (χ1v) is 8.35. The van der Waals surface area contributed by atoms with Gasteiger partial charge in [0.15, 0.2) is 12.6 Å². The predicted molar refractivity (Wildman–Crippen MR) is 87.0 cm³/mol. The average Bonchev–Trinajstić information content (AvgIpc) is 2.96. The number of carbonyl (C=O) groups excluding carboxylic acids is 1. The minimum atomic E-state index is -1.20. The molecule has 2 fully saturated rings. The van der Waals surface area contributed by atoms with Gasteiger partial charge in [0, 0.05) is 19.3 Å². The monoisotopic (exact) mass is 402 g/mol. The van der Waals surface area contributed by atoms with E-state index in [1.165, 1.54) is 0 Å². The van der Waals surface area contributed by atoms with Gasteiger partial charge in [-0.1, -0.05) is 0 Å². The van der Waals surface area contributed by atoms with Crippen molar-refractivity contribution in [2.45, 2.75) is 68.5 Å². The van der Waals surface area contributed by atoms with E-state index in [4.69, 9.17) is 46.0 Å². The van der Waals surface area contributed by atoms with Gasteiger partial charge in [-0.2, -0.15) is 0 Å². The first kappa shape index (κ1) is 26.2. The molecular weight excluding hydrogens is 372 g/mol. The number of carbonyl (C=O) groups is 1. The molecule has 27 heavy (non-hydrogen) atoms. The van der Waals surface area contributed by atoms with Crippen LogP contribution >= 0.6 is 0 Å². The van der Waals surface area contributed by atoms with Crippen LogP contribution in [-0.4, -0.2) is 121 Å². The Morgan fingerprint density at radius 3 is 1.81 bits per heavy atom. The Hall–Kier alpha value is -0.770. The van der Waals surface area contributed by atoms with Crippen LogP contribution < -0.4 is 0 Å². The molecule has 0 aromatic heterocycles. The quantitative estimate of drug-likeness (QED) is 0.198. The molecule has 5 unspecified atom stereocenters. The lowest BCUT2D eigenvalue weighted by Crippen LogP contribution is -2.40. The molecular formula is C15H30O12. The molecule has 0 aromatic carbocycles. The zero-order valence-electron chi connectivity index (χ0n) is 14.7. The number of rotatable bonds is 5. The van der Waals surface area contributed by atoms with E-state index in [1.54, 1.807) is 0 Å². The molecule has 0 aromatic rings. The Bertz CT molecular complexity index is 382. The highest BCUT2D eigenvalue weighted by atomic mass is 16.6. The predicted octanol–water partition coefficient (Wildman–Crippen LogP) is -4.82. The molecule has 0 aliphatic carbocycles. The lowest BCUT2D eigenvalue weighted by Gasteiger charge is -2.26. The maximum atomic E-state index is 9.68. The largest absolute Gasteiger partial charge is 0.394 e. The molecule has 2 aliphatic rings. The fourth-order valence-corrected chi connectivity index (χ4v) is 2.00. The third-order valence-corrected chi connectivity index (χ3v) is 3.70. The third kappa shape index (κ3) is 11.0. The Kier molecular flexibility index (Phi) is 13.9. The van der Waals surface area contributed by atoms with Gasteiger partial charge in [0.05, 0.1) is 38.1 Å². The number of aldehydes is 1. The fourth-order valence-electron chi connectivity index (χ4n) is 2.00. The summed E-state index contributed by atoms with van der Waals surface area (Å²) < 4.78 is 9.28. The Balaban J connectivity index is 0.000000376. The van der Waals surface area contributed by atoms with Crippen LogP contribution in [0.2, 0.25) is 0 Å². The second-order valence-electron chi connectivity index (χ2n) is 5.99. The van der Waals surface area contributed by atoms with E-state index in [0.717, 1.165) is 0 Å². The number of aliphatic hydroxyl groups excluding tert-OH is 9. The van der Waals surface area contributed by atoms with Gasteiger partial charge >= 0.3 is 0 Å². The SMILES string of the molecule is O=CCC(O)C(O)CO.OC1CC(O)[C@@H](O)CO1.OC[C@@H]1OC(O)C[C@@H]1O. The van der Waals surface area contributed by atoms with Gasteiger partial charge < -0.3 is 60.2 Å². The minimum absolute atomic E-state index is 0.0162. The smallest absolute Gasteiger partial charge is 0.157 e. The van der Waals surface area contributed by atoms with Crippen molar-refractivity contribution in [3.05, 3.63) is 0 Å². The number of ether oxygens (including phenoxy) is 2. The molecule has 0 amide bonds. The summed E-state index contributed by atoms with van der Waals surface area (Å²) in [4.78, 5) is 9.68. The maximum absolute atomic E-state index is 9.68. The zero-order chi connectivity index (χ0) is 21.0. The minimum Gasteiger partial charge on any atom is -0.394 e. The summed E-state index contributed by atoms with van der Waals surface area (Å²) in [6.45, 7) is -0.741. The van der Waals surface area contributed by atoms with E-state index in [2.05, 4.69) is 9.47 Å². The number of hydrogen-bond acceptors (Lipinski definition) is 12. The molecule has 0 saturated carbocycles. The van der Waals surface area contributed by atoms with E-state index < -0.39 is 55.8 Å². The molecule has 0 radical (unpaired) electrons. The summed E-state index contributed by atoms with van der Waals surface area (Å²) in [6, 6.07) is 0. The van der Waals surface area contributed by atoms with Crippen LogP contribution in [0.4, 0.5) is 0 Å². The first-order valence-electron chi connectivity index (χ1n) is 8.35. The van der Waals surface area contributed by atoms with Gasteiger partial charge in [-0.15, -0.1) is 0 Å². The molecule has 8 atom stereocenters. The van der Waals surface area contributed by atoms with Gasteiger partial charge in [-0.25, -0.2) is 0 Å². The van der Waals surface area contributed by atoms with Crippen molar-refractivity contribution < 1.29 is 60.2 Å². The number of hydrogen-bond donors (Lipinski definition) is 9. The average molecular weight is 402 g/mol. The second-order valence-corrected chi connectivity index (χ2v) is 5.99. The van der Waals surface area contributed by atoms with Crippen LogP contribution in [-0.2, 0) is 14.3 Å². The van der Waals surface area contributed by atoms with Crippen molar-refractivity contribution in [3.63, 3.8) is 0 Å². The van der Waals surface area contributed by atoms with E-state index in [-0.39, 0.29) is 32.5 Å². The molecule has 12 heteroatoms. The summed E-state index contributed by atoms with van der Waals surface area (Å²) in [5.41, 5.74) is 0. The first-order chi connectivity index (χ1) is 12.7. The van der Waals surface area contributed by atoms with Gasteiger partial charge in [0.25, 0.3) is 0 Å². The van der Waals surface area contributed by atoms with E-state index in [9.17, 15) is 4.79 Å².